The highest BCUT2D eigenvalue weighted by atomic mass is 16.5. The molecule has 0 aromatic heterocycles. The van der Waals surface area contributed by atoms with Gasteiger partial charge in [-0.3, -0.25) is 0 Å². The van der Waals surface area contributed by atoms with E-state index in [9.17, 15) is 4.79 Å². The first-order valence-electron chi connectivity index (χ1n) is 6.19. The molecule has 0 saturated heterocycles. The van der Waals surface area contributed by atoms with Crippen LogP contribution < -0.4 is 0 Å². The zero-order chi connectivity index (χ0) is 12.1. The summed E-state index contributed by atoms with van der Waals surface area (Å²) in [6, 6.07) is 9.15. The normalized spacial score (nSPS) is 15.0. The summed E-state index contributed by atoms with van der Waals surface area (Å²) in [7, 11) is 0. The van der Waals surface area contributed by atoms with E-state index in [-0.39, 0.29) is 12.1 Å². The van der Waals surface area contributed by atoms with Gasteiger partial charge in [-0.15, -0.1) is 0 Å². The number of esters is 1. The first-order valence-corrected chi connectivity index (χ1v) is 6.19. The molecule has 0 aliphatic heterocycles. The van der Waals surface area contributed by atoms with Gasteiger partial charge in [0, 0.05) is 0 Å². The largest absolute Gasteiger partial charge is 0.459 e. The summed E-state index contributed by atoms with van der Waals surface area (Å²) in [5, 5.41) is 0. The zero-order valence-corrected chi connectivity index (χ0v) is 10.2. The summed E-state index contributed by atoms with van der Waals surface area (Å²) in [5.41, 5.74) is 2.18. The molecule has 0 bridgehead atoms. The van der Waals surface area contributed by atoms with Gasteiger partial charge >= 0.3 is 5.97 Å². The molecule has 1 aliphatic carbocycles. The van der Waals surface area contributed by atoms with Gasteiger partial charge < -0.3 is 4.74 Å². The van der Waals surface area contributed by atoms with E-state index in [1.54, 1.807) is 17.7 Å². The molecule has 1 atom stereocenters. The number of rotatable bonds is 6. The molecule has 0 heterocycles. The molecule has 0 radical (unpaired) electrons. The minimum Gasteiger partial charge on any atom is -0.459 e. The van der Waals surface area contributed by atoms with Crippen LogP contribution in [0.25, 0.3) is 0 Å². The second-order valence-corrected chi connectivity index (χ2v) is 4.54. The minimum atomic E-state index is -0.219. The first-order chi connectivity index (χ1) is 8.25. The van der Waals surface area contributed by atoms with Gasteiger partial charge in [-0.2, -0.15) is 0 Å². The Hall–Kier alpha value is -1.57. The maximum Gasteiger partial charge on any atom is 0.338 e. The van der Waals surface area contributed by atoms with Crippen LogP contribution in [0, 0.1) is 0 Å². The van der Waals surface area contributed by atoms with Crippen LogP contribution in [-0.2, 0) is 4.74 Å². The van der Waals surface area contributed by atoms with Crippen molar-refractivity contribution in [3.8, 4) is 0 Å². The monoisotopic (exact) mass is 230 g/mol. The minimum absolute atomic E-state index is 0.00190. The Kier molecular flexibility index (Phi) is 3.97. The maximum atomic E-state index is 11.7. The summed E-state index contributed by atoms with van der Waals surface area (Å²) >= 11 is 0. The molecule has 2 nitrogen and oxygen atoms in total. The predicted molar refractivity (Wildman–Crippen MR) is 67.9 cm³/mol. The Bertz CT molecular complexity index is 406. The average Bonchev–Trinajstić information content (AvgIpc) is 3.14. The number of ether oxygens (including phenoxy) is 1. The van der Waals surface area contributed by atoms with Gasteiger partial charge in [-0.05, 0) is 44.7 Å². The number of allylic oxidation sites excluding steroid dienone is 2. The van der Waals surface area contributed by atoms with Crippen LogP contribution in [0.15, 0.2) is 42.0 Å². The van der Waals surface area contributed by atoms with E-state index in [1.807, 2.05) is 25.1 Å². The highest BCUT2D eigenvalue weighted by Crippen LogP contribution is 2.25. The van der Waals surface area contributed by atoms with E-state index in [0.29, 0.717) is 5.56 Å². The molecule has 2 heteroatoms. The van der Waals surface area contributed by atoms with Gasteiger partial charge in [-0.1, -0.05) is 29.8 Å². The molecule has 0 N–H and O–H groups in total. The number of carbonyl (C=O) groups excluding carboxylic acids is 1. The molecule has 2 rings (SSSR count). The van der Waals surface area contributed by atoms with Crippen LogP contribution in [0.2, 0.25) is 0 Å². The Labute approximate surface area is 102 Å². The smallest absolute Gasteiger partial charge is 0.338 e. The Morgan fingerprint density at radius 1 is 1.35 bits per heavy atom. The van der Waals surface area contributed by atoms with Crippen molar-refractivity contribution in [1.29, 1.82) is 0 Å². The summed E-state index contributed by atoms with van der Waals surface area (Å²) in [4.78, 5) is 11.7. The Morgan fingerprint density at radius 2 is 2.06 bits per heavy atom. The molecule has 1 unspecified atom stereocenters. The maximum absolute atomic E-state index is 11.7. The lowest BCUT2D eigenvalue weighted by Gasteiger charge is -2.12. The van der Waals surface area contributed by atoms with Gasteiger partial charge in [0.15, 0.2) is 0 Å². The summed E-state index contributed by atoms with van der Waals surface area (Å²) in [6.07, 6.45) is 6.65. The van der Waals surface area contributed by atoms with Crippen LogP contribution in [0.1, 0.15) is 43.0 Å². The average molecular weight is 230 g/mol. The lowest BCUT2D eigenvalue weighted by Crippen LogP contribution is -2.14. The molecule has 0 saturated carbocycles. The molecule has 90 valence electrons. The zero-order valence-electron chi connectivity index (χ0n) is 10.2. The van der Waals surface area contributed by atoms with E-state index >= 15 is 0 Å². The van der Waals surface area contributed by atoms with Gasteiger partial charge in [0.05, 0.1) is 11.7 Å². The summed E-state index contributed by atoms with van der Waals surface area (Å²) < 4.78 is 5.38. The van der Waals surface area contributed by atoms with Gasteiger partial charge in [0.2, 0.25) is 0 Å². The Morgan fingerprint density at radius 3 is 2.71 bits per heavy atom. The fraction of sp³-hybridized carbons (Fsp3) is 0.400. The van der Waals surface area contributed by atoms with Crippen LogP contribution >= 0.6 is 0 Å². The lowest BCUT2D eigenvalue weighted by molar-refractivity contribution is 0.0321. The fourth-order valence-electron chi connectivity index (χ4n) is 1.78. The molecule has 0 spiro atoms. The van der Waals surface area contributed by atoms with Crippen molar-refractivity contribution >= 4 is 5.97 Å². The molecule has 1 aliphatic rings. The van der Waals surface area contributed by atoms with Crippen LogP contribution in [0.5, 0.6) is 0 Å². The summed E-state index contributed by atoms with van der Waals surface area (Å²) in [5.74, 6) is -0.219. The first kappa shape index (κ1) is 11.9. The molecular weight excluding hydrogens is 212 g/mol. The van der Waals surface area contributed by atoms with Crippen LogP contribution in [-0.4, -0.2) is 12.1 Å². The van der Waals surface area contributed by atoms with E-state index in [1.165, 1.54) is 6.42 Å². The summed E-state index contributed by atoms with van der Waals surface area (Å²) in [6.45, 7) is 1.96. The van der Waals surface area contributed by atoms with Gasteiger partial charge in [-0.25, -0.2) is 4.79 Å². The van der Waals surface area contributed by atoms with Crippen LogP contribution in [0.4, 0.5) is 0 Å². The van der Waals surface area contributed by atoms with Crippen molar-refractivity contribution in [3.05, 3.63) is 47.5 Å². The lowest BCUT2D eigenvalue weighted by atomic mass is 10.1. The number of hydrogen-bond acceptors (Lipinski definition) is 2. The third-order valence-corrected chi connectivity index (χ3v) is 2.92. The number of benzene rings is 1. The molecule has 17 heavy (non-hydrogen) atoms. The second kappa shape index (κ2) is 5.67. The number of carbonyl (C=O) groups is 1. The van der Waals surface area contributed by atoms with Crippen LogP contribution in [0.3, 0.4) is 0 Å². The number of hydrogen-bond donors (Lipinski definition) is 0. The highest BCUT2D eigenvalue weighted by Gasteiger charge is 2.12. The second-order valence-electron chi connectivity index (χ2n) is 4.54. The third kappa shape index (κ3) is 4.06. The predicted octanol–water partition coefficient (Wildman–Crippen LogP) is 3.73. The van der Waals surface area contributed by atoms with Crippen molar-refractivity contribution in [3.63, 3.8) is 0 Å². The van der Waals surface area contributed by atoms with E-state index in [2.05, 4.69) is 6.08 Å². The SMILES string of the molecule is CC(CCCC1=CC1)OC(=O)c1ccccc1. The molecular formula is C15H18O2. The van der Waals surface area contributed by atoms with Crippen molar-refractivity contribution in [2.45, 2.75) is 38.7 Å². The molecule has 1 aromatic rings. The quantitative estimate of drug-likeness (QED) is 0.549. The van der Waals surface area contributed by atoms with Gasteiger partial charge in [0.25, 0.3) is 0 Å². The third-order valence-electron chi connectivity index (χ3n) is 2.92. The van der Waals surface area contributed by atoms with Crippen molar-refractivity contribution < 1.29 is 9.53 Å². The van der Waals surface area contributed by atoms with Crippen molar-refractivity contribution in [2.24, 2.45) is 0 Å². The van der Waals surface area contributed by atoms with E-state index in [0.717, 1.165) is 19.3 Å². The van der Waals surface area contributed by atoms with Crippen molar-refractivity contribution in [1.82, 2.24) is 0 Å². The fourth-order valence-corrected chi connectivity index (χ4v) is 1.78. The molecule has 0 fully saturated rings. The van der Waals surface area contributed by atoms with Gasteiger partial charge in [0.1, 0.15) is 0 Å². The molecule has 0 amide bonds. The van der Waals surface area contributed by atoms with E-state index in [4.69, 9.17) is 4.74 Å². The highest BCUT2D eigenvalue weighted by molar-refractivity contribution is 5.89. The van der Waals surface area contributed by atoms with E-state index < -0.39 is 0 Å². The standard InChI is InChI=1S/C15H18O2/c1-12(6-5-7-13-10-11-13)17-15(16)14-8-3-2-4-9-14/h2-4,8-10,12H,5-7,11H2,1H3. The molecule has 1 aromatic carbocycles. The Balaban J connectivity index is 1.71. The van der Waals surface area contributed by atoms with Crippen molar-refractivity contribution in [2.75, 3.05) is 0 Å². The topological polar surface area (TPSA) is 26.3 Å².